The zero-order valence-corrected chi connectivity index (χ0v) is 13.2. The van der Waals surface area contributed by atoms with Gasteiger partial charge in [0.05, 0.1) is 6.61 Å². The van der Waals surface area contributed by atoms with Crippen molar-refractivity contribution in [1.29, 1.82) is 0 Å². The molecule has 0 saturated heterocycles. The van der Waals surface area contributed by atoms with Crippen LogP contribution in [0.15, 0.2) is 48.5 Å². The van der Waals surface area contributed by atoms with Crippen LogP contribution in [-0.2, 0) is 13.2 Å². The first-order chi connectivity index (χ1) is 9.79. The van der Waals surface area contributed by atoms with Crippen molar-refractivity contribution in [3.05, 3.63) is 64.7 Å². The fourth-order valence-electron chi connectivity index (χ4n) is 1.86. The Labute approximate surface area is 136 Å². The molecular weight excluding hydrogens is 309 g/mol. The summed E-state index contributed by atoms with van der Waals surface area (Å²) in [4.78, 5) is 0. The number of benzene rings is 2. The third-order valence-corrected chi connectivity index (χ3v) is 3.10. The summed E-state index contributed by atoms with van der Waals surface area (Å²) in [6, 6.07) is 15.6. The summed E-state index contributed by atoms with van der Waals surface area (Å²) < 4.78 is 5.85. The summed E-state index contributed by atoms with van der Waals surface area (Å²) >= 11 is 6.01. The normalized spacial score (nSPS) is 10.0. The highest BCUT2D eigenvalue weighted by Gasteiger charge is 2.05. The van der Waals surface area contributed by atoms with Gasteiger partial charge < -0.3 is 15.2 Å². The number of aliphatic hydroxyl groups excluding tert-OH is 1. The quantitative estimate of drug-likeness (QED) is 0.765. The molecule has 0 heterocycles. The van der Waals surface area contributed by atoms with Gasteiger partial charge in [-0.25, -0.2) is 0 Å². The summed E-state index contributed by atoms with van der Waals surface area (Å²) in [6.07, 6.45) is 0. The van der Waals surface area contributed by atoms with Crippen LogP contribution in [0.5, 0.6) is 5.75 Å². The van der Waals surface area contributed by atoms with Crippen molar-refractivity contribution in [2.24, 2.45) is 0 Å². The molecule has 5 heteroatoms. The number of nitrogens with one attached hydrogen (secondary N) is 1. The van der Waals surface area contributed by atoms with Gasteiger partial charge in [0.15, 0.2) is 0 Å². The summed E-state index contributed by atoms with van der Waals surface area (Å²) in [6.45, 7) is 1.80. The number of rotatable bonds is 7. The predicted octanol–water partition coefficient (Wildman–Crippen LogP) is 3.42. The van der Waals surface area contributed by atoms with Crippen LogP contribution in [-0.4, -0.2) is 18.3 Å². The Bertz CT molecular complexity index is 535. The standard InChI is InChI=1S/C16H18ClNO2.ClH/c17-15-6-7-16(14(10-15)11-18-8-9-19)20-12-13-4-2-1-3-5-13;/h1-7,10,18-19H,8-9,11-12H2;1H. The summed E-state index contributed by atoms with van der Waals surface area (Å²) in [5.74, 6) is 0.809. The van der Waals surface area contributed by atoms with E-state index in [1.54, 1.807) is 0 Å². The molecule has 0 aliphatic carbocycles. The molecule has 0 bridgehead atoms. The van der Waals surface area contributed by atoms with Crippen LogP contribution in [0.25, 0.3) is 0 Å². The Hall–Kier alpha value is -1.26. The predicted molar refractivity (Wildman–Crippen MR) is 88.3 cm³/mol. The van der Waals surface area contributed by atoms with E-state index in [2.05, 4.69) is 5.32 Å². The Balaban J connectivity index is 0.00000220. The SMILES string of the molecule is Cl.OCCNCc1cc(Cl)ccc1OCc1ccccc1. The molecule has 0 aliphatic rings. The highest BCUT2D eigenvalue weighted by Crippen LogP contribution is 2.23. The molecule has 0 atom stereocenters. The molecule has 0 radical (unpaired) electrons. The van der Waals surface area contributed by atoms with Crippen LogP contribution < -0.4 is 10.1 Å². The fourth-order valence-corrected chi connectivity index (χ4v) is 2.06. The number of hydrogen-bond acceptors (Lipinski definition) is 3. The van der Waals surface area contributed by atoms with Crippen molar-refractivity contribution in [1.82, 2.24) is 5.32 Å². The number of aliphatic hydroxyl groups is 1. The molecule has 2 aromatic carbocycles. The van der Waals surface area contributed by atoms with Crippen LogP contribution in [0, 0.1) is 0 Å². The Morgan fingerprint density at radius 3 is 2.57 bits per heavy atom. The zero-order chi connectivity index (χ0) is 14.2. The largest absolute Gasteiger partial charge is 0.489 e. The molecular formula is C16H19Cl2NO2. The second-order valence-electron chi connectivity index (χ2n) is 4.43. The van der Waals surface area contributed by atoms with Gasteiger partial charge in [-0.1, -0.05) is 41.9 Å². The van der Waals surface area contributed by atoms with Gasteiger partial charge in [-0.3, -0.25) is 0 Å². The molecule has 3 nitrogen and oxygen atoms in total. The number of halogens is 2. The summed E-state index contributed by atoms with van der Waals surface area (Å²) in [5, 5.41) is 12.6. The lowest BCUT2D eigenvalue weighted by Gasteiger charge is -2.12. The number of ether oxygens (including phenoxy) is 1. The third-order valence-electron chi connectivity index (χ3n) is 2.86. The molecule has 21 heavy (non-hydrogen) atoms. The fraction of sp³-hybridized carbons (Fsp3) is 0.250. The van der Waals surface area contributed by atoms with Gasteiger partial charge in [0.25, 0.3) is 0 Å². The molecule has 0 spiro atoms. The van der Waals surface area contributed by atoms with Gasteiger partial charge in [0.1, 0.15) is 12.4 Å². The van der Waals surface area contributed by atoms with Crippen molar-refractivity contribution in [3.63, 3.8) is 0 Å². The van der Waals surface area contributed by atoms with Crippen molar-refractivity contribution in [2.75, 3.05) is 13.2 Å². The molecule has 0 aromatic heterocycles. The van der Waals surface area contributed by atoms with Gasteiger partial charge in [0.2, 0.25) is 0 Å². The average Bonchev–Trinajstić information content (AvgIpc) is 2.48. The van der Waals surface area contributed by atoms with E-state index in [-0.39, 0.29) is 19.0 Å². The van der Waals surface area contributed by atoms with Gasteiger partial charge in [0, 0.05) is 23.7 Å². The maximum absolute atomic E-state index is 8.80. The Morgan fingerprint density at radius 1 is 1.10 bits per heavy atom. The van der Waals surface area contributed by atoms with E-state index in [4.69, 9.17) is 21.4 Å². The van der Waals surface area contributed by atoms with Crippen LogP contribution in [0.1, 0.15) is 11.1 Å². The molecule has 2 aromatic rings. The van der Waals surface area contributed by atoms with E-state index in [0.717, 1.165) is 16.9 Å². The van der Waals surface area contributed by atoms with Gasteiger partial charge in [-0.2, -0.15) is 0 Å². The Morgan fingerprint density at radius 2 is 1.86 bits per heavy atom. The smallest absolute Gasteiger partial charge is 0.124 e. The minimum absolute atomic E-state index is 0. The molecule has 0 fully saturated rings. The van der Waals surface area contributed by atoms with Crippen molar-refractivity contribution in [3.8, 4) is 5.75 Å². The van der Waals surface area contributed by atoms with Gasteiger partial charge in [-0.05, 0) is 23.8 Å². The molecule has 114 valence electrons. The molecule has 0 unspecified atom stereocenters. The molecule has 0 amide bonds. The Kier molecular flexibility index (Phi) is 8.16. The van der Waals surface area contributed by atoms with E-state index in [9.17, 15) is 0 Å². The van der Waals surface area contributed by atoms with Crippen LogP contribution in [0.3, 0.4) is 0 Å². The summed E-state index contributed by atoms with van der Waals surface area (Å²) in [7, 11) is 0. The maximum atomic E-state index is 8.80. The highest BCUT2D eigenvalue weighted by molar-refractivity contribution is 6.30. The number of hydrogen-bond donors (Lipinski definition) is 2. The minimum atomic E-state index is 0. The van der Waals surface area contributed by atoms with Gasteiger partial charge in [-0.15, -0.1) is 12.4 Å². The van der Waals surface area contributed by atoms with E-state index in [0.29, 0.717) is 24.7 Å². The van der Waals surface area contributed by atoms with Gasteiger partial charge >= 0.3 is 0 Å². The topological polar surface area (TPSA) is 41.5 Å². The molecule has 2 rings (SSSR count). The van der Waals surface area contributed by atoms with Crippen LogP contribution >= 0.6 is 24.0 Å². The van der Waals surface area contributed by atoms with Crippen molar-refractivity contribution < 1.29 is 9.84 Å². The lowest BCUT2D eigenvalue weighted by atomic mass is 10.2. The first-order valence-corrected chi connectivity index (χ1v) is 6.94. The first-order valence-electron chi connectivity index (χ1n) is 6.56. The van der Waals surface area contributed by atoms with Crippen molar-refractivity contribution >= 4 is 24.0 Å². The molecule has 2 N–H and O–H groups in total. The molecule has 0 aliphatic heterocycles. The minimum Gasteiger partial charge on any atom is -0.489 e. The maximum Gasteiger partial charge on any atom is 0.124 e. The second-order valence-corrected chi connectivity index (χ2v) is 4.86. The first kappa shape index (κ1) is 17.8. The monoisotopic (exact) mass is 327 g/mol. The van der Waals surface area contributed by atoms with E-state index in [1.165, 1.54) is 0 Å². The highest BCUT2D eigenvalue weighted by atomic mass is 35.5. The van der Waals surface area contributed by atoms with E-state index < -0.39 is 0 Å². The average molecular weight is 328 g/mol. The second kappa shape index (κ2) is 9.64. The van der Waals surface area contributed by atoms with Crippen LogP contribution in [0.2, 0.25) is 5.02 Å². The summed E-state index contributed by atoms with van der Waals surface area (Å²) in [5.41, 5.74) is 2.11. The lowest BCUT2D eigenvalue weighted by molar-refractivity contribution is 0.288. The zero-order valence-electron chi connectivity index (χ0n) is 11.6. The van der Waals surface area contributed by atoms with Crippen molar-refractivity contribution in [2.45, 2.75) is 13.2 Å². The molecule has 0 saturated carbocycles. The van der Waals surface area contributed by atoms with E-state index >= 15 is 0 Å². The van der Waals surface area contributed by atoms with E-state index in [1.807, 2.05) is 48.5 Å². The lowest BCUT2D eigenvalue weighted by Crippen LogP contribution is -2.18. The van der Waals surface area contributed by atoms with Crippen LogP contribution in [0.4, 0.5) is 0 Å². The third kappa shape index (κ3) is 5.94.